The van der Waals surface area contributed by atoms with Crippen molar-refractivity contribution in [2.75, 3.05) is 6.54 Å². The predicted octanol–water partition coefficient (Wildman–Crippen LogP) is 3.16. The number of aromatic amines is 1. The molecular formula is C19H18BrFN2O3. The van der Waals surface area contributed by atoms with Crippen LogP contribution in [0.1, 0.15) is 51.2 Å². The fraction of sp³-hybridized carbons (Fsp3) is 0.316. The molecule has 0 fully saturated rings. The van der Waals surface area contributed by atoms with Gasteiger partial charge in [-0.15, -0.1) is 0 Å². The zero-order valence-corrected chi connectivity index (χ0v) is 15.6. The number of nitrogens with one attached hydrogen (secondary N) is 2. The van der Waals surface area contributed by atoms with Crippen molar-refractivity contribution < 1.29 is 14.0 Å². The summed E-state index contributed by atoms with van der Waals surface area (Å²) in [4.78, 5) is 38.9. The molecule has 1 heterocycles. The zero-order valence-electron chi connectivity index (χ0n) is 14.0. The summed E-state index contributed by atoms with van der Waals surface area (Å²) in [5.41, 5.74) is 1.05. The number of carbonyl (C=O) groups is 2. The quantitative estimate of drug-likeness (QED) is 0.729. The number of pyridine rings is 1. The Morgan fingerprint density at radius 2 is 2.04 bits per heavy atom. The van der Waals surface area contributed by atoms with Gasteiger partial charge in [0, 0.05) is 28.7 Å². The first-order chi connectivity index (χ1) is 12.5. The lowest BCUT2D eigenvalue weighted by molar-refractivity contribution is 0.0951. The van der Waals surface area contributed by atoms with E-state index in [0.717, 1.165) is 0 Å². The van der Waals surface area contributed by atoms with Crippen molar-refractivity contribution in [1.29, 1.82) is 0 Å². The molecule has 1 aliphatic carbocycles. The number of H-pyrrole nitrogens is 1. The lowest BCUT2D eigenvalue weighted by atomic mass is 9.93. The van der Waals surface area contributed by atoms with Crippen molar-refractivity contribution in [2.24, 2.45) is 0 Å². The second-order valence-corrected chi connectivity index (χ2v) is 7.19. The van der Waals surface area contributed by atoms with Crippen LogP contribution in [-0.4, -0.2) is 23.2 Å². The number of fused-ring (bicyclic) bond motifs is 1. The fourth-order valence-corrected chi connectivity index (χ4v) is 3.38. The summed E-state index contributed by atoms with van der Waals surface area (Å²) in [6.07, 6.45) is 2.78. The number of amides is 1. The molecule has 2 N–H and O–H groups in total. The summed E-state index contributed by atoms with van der Waals surface area (Å²) in [7, 11) is 0. The highest BCUT2D eigenvalue weighted by Gasteiger charge is 2.21. The van der Waals surface area contributed by atoms with Gasteiger partial charge in [-0.1, -0.05) is 22.0 Å². The molecule has 1 aliphatic rings. The summed E-state index contributed by atoms with van der Waals surface area (Å²) in [6.45, 7) is 0.304. The van der Waals surface area contributed by atoms with Crippen LogP contribution in [0.4, 0.5) is 4.39 Å². The molecule has 1 amide bonds. The molecule has 136 valence electrons. The number of benzene rings is 1. The number of halogens is 2. The average molecular weight is 421 g/mol. The molecule has 0 bridgehead atoms. The number of hydrogen-bond donors (Lipinski definition) is 2. The van der Waals surface area contributed by atoms with Crippen molar-refractivity contribution in [3.05, 3.63) is 67.3 Å². The van der Waals surface area contributed by atoms with Crippen LogP contribution in [0, 0.1) is 5.82 Å². The first kappa shape index (κ1) is 18.5. The highest BCUT2D eigenvalue weighted by molar-refractivity contribution is 9.10. The third-order valence-electron chi connectivity index (χ3n) is 4.42. The van der Waals surface area contributed by atoms with E-state index in [0.29, 0.717) is 59.9 Å². The van der Waals surface area contributed by atoms with E-state index in [1.54, 1.807) is 12.1 Å². The molecule has 1 aromatic heterocycles. The molecule has 7 heteroatoms. The van der Waals surface area contributed by atoms with Crippen molar-refractivity contribution >= 4 is 27.6 Å². The van der Waals surface area contributed by atoms with Gasteiger partial charge in [0.2, 0.25) is 0 Å². The first-order valence-corrected chi connectivity index (χ1v) is 9.26. The predicted molar refractivity (Wildman–Crippen MR) is 99.1 cm³/mol. The van der Waals surface area contributed by atoms with Crippen molar-refractivity contribution in [3.8, 4) is 0 Å². The van der Waals surface area contributed by atoms with Crippen LogP contribution in [-0.2, 0) is 12.8 Å². The topological polar surface area (TPSA) is 79.0 Å². The minimum atomic E-state index is -0.524. The Kier molecular flexibility index (Phi) is 5.66. The molecule has 0 spiro atoms. The lowest BCUT2D eigenvalue weighted by Crippen LogP contribution is -2.32. The van der Waals surface area contributed by atoms with Crippen LogP contribution in [0.15, 0.2) is 33.5 Å². The maximum Gasteiger partial charge on any atom is 0.261 e. The summed E-state index contributed by atoms with van der Waals surface area (Å²) < 4.78 is 14.4. The van der Waals surface area contributed by atoms with E-state index >= 15 is 0 Å². The molecule has 1 aromatic carbocycles. The van der Waals surface area contributed by atoms with Gasteiger partial charge < -0.3 is 10.3 Å². The number of hydrogen-bond acceptors (Lipinski definition) is 3. The second-order valence-electron chi connectivity index (χ2n) is 6.28. The third-order valence-corrected chi connectivity index (χ3v) is 4.92. The fourth-order valence-electron chi connectivity index (χ4n) is 3.04. The number of aryl methyl sites for hydroxylation is 2. The summed E-state index contributed by atoms with van der Waals surface area (Å²) in [5.74, 6) is -0.874. The summed E-state index contributed by atoms with van der Waals surface area (Å²) in [6, 6.07) is 6.25. The molecule has 0 saturated carbocycles. The number of rotatable bonds is 5. The van der Waals surface area contributed by atoms with Gasteiger partial charge in [-0.25, -0.2) is 4.39 Å². The Morgan fingerprint density at radius 1 is 1.23 bits per heavy atom. The number of carbonyl (C=O) groups excluding carboxylic acids is 2. The lowest BCUT2D eigenvalue weighted by Gasteiger charge is -2.15. The largest absolute Gasteiger partial charge is 0.352 e. The number of aromatic nitrogens is 1. The first-order valence-electron chi connectivity index (χ1n) is 8.47. The van der Waals surface area contributed by atoms with Gasteiger partial charge in [-0.2, -0.15) is 0 Å². The van der Waals surface area contributed by atoms with Crippen molar-refractivity contribution in [3.63, 3.8) is 0 Å². The van der Waals surface area contributed by atoms with E-state index in [2.05, 4.69) is 26.2 Å². The van der Waals surface area contributed by atoms with Gasteiger partial charge in [-0.3, -0.25) is 14.4 Å². The minimum absolute atomic E-state index is 0.0535. The smallest absolute Gasteiger partial charge is 0.261 e. The van der Waals surface area contributed by atoms with Crippen molar-refractivity contribution in [1.82, 2.24) is 10.3 Å². The standard InChI is InChI=1S/C19H18BrFN2O3/c20-12-7-6-11(15(21)9-12)3-2-8-22-18(25)14-10-13-16(23-19(14)26)4-1-5-17(13)24/h6-7,9-10H,1-5,8H2,(H,22,25)(H,23,26). The normalized spacial score (nSPS) is 13.4. The van der Waals surface area contributed by atoms with Crippen LogP contribution in [0.25, 0.3) is 0 Å². The molecule has 2 aromatic rings. The van der Waals surface area contributed by atoms with Gasteiger partial charge >= 0.3 is 0 Å². The molecule has 26 heavy (non-hydrogen) atoms. The zero-order chi connectivity index (χ0) is 18.7. The van der Waals surface area contributed by atoms with E-state index in [-0.39, 0.29) is 17.2 Å². The Morgan fingerprint density at radius 3 is 2.81 bits per heavy atom. The van der Waals surface area contributed by atoms with Gasteiger partial charge in [0.1, 0.15) is 11.4 Å². The maximum absolute atomic E-state index is 13.8. The number of ketones is 1. The Bertz CT molecular complexity index is 923. The van der Waals surface area contributed by atoms with E-state index in [1.807, 2.05) is 0 Å². The molecule has 0 aliphatic heterocycles. The average Bonchev–Trinajstić information content (AvgIpc) is 2.59. The number of Topliss-reactive ketones (excluding diaryl/α,β-unsaturated/α-hetero) is 1. The SMILES string of the molecule is O=C1CCCc2[nH]c(=O)c(C(=O)NCCCc3ccc(Br)cc3F)cc21. The van der Waals surface area contributed by atoms with Crippen LogP contribution in [0.2, 0.25) is 0 Å². The molecule has 0 atom stereocenters. The highest BCUT2D eigenvalue weighted by Crippen LogP contribution is 2.19. The highest BCUT2D eigenvalue weighted by atomic mass is 79.9. The summed E-state index contributed by atoms with van der Waals surface area (Å²) >= 11 is 3.21. The van der Waals surface area contributed by atoms with Crippen LogP contribution in [0.5, 0.6) is 0 Å². The van der Waals surface area contributed by atoms with Gasteiger partial charge in [-0.05, 0) is 49.4 Å². The molecule has 0 saturated heterocycles. The second kappa shape index (κ2) is 7.95. The van der Waals surface area contributed by atoms with Gasteiger partial charge in [0.25, 0.3) is 11.5 Å². The Labute approximate surface area is 158 Å². The minimum Gasteiger partial charge on any atom is -0.352 e. The van der Waals surface area contributed by atoms with E-state index in [9.17, 15) is 18.8 Å². The van der Waals surface area contributed by atoms with Crippen LogP contribution < -0.4 is 10.9 Å². The van der Waals surface area contributed by atoms with Gasteiger partial charge in [0.05, 0.1) is 0 Å². The maximum atomic E-state index is 13.8. The van der Waals surface area contributed by atoms with E-state index in [4.69, 9.17) is 0 Å². The molecular weight excluding hydrogens is 403 g/mol. The summed E-state index contributed by atoms with van der Waals surface area (Å²) in [5, 5.41) is 2.66. The third kappa shape index (κ3) is 4.09. The molecule has 0 unspecified atom stereocenters. The van der Waals surface area contributed by atoms with E-state index in [1.165, 1.54) is 12.1 Å². The molecule has 5 nitrogen and oxygen atoms in total. The van der Waals surface area contributed by atoms with E-state index < -0.39 is 11.5 Å². The Hall–Kier alpha value is -2.28. The van der Waals surface area contributed by atoms with Crippen LogP contribution >= 0.6 is 15.9 Å². The Balaban J connectivity index is 1.61. The molecule has 0 radical (unpaired) electrons. The van der Waals surface area contributed by atoms with Crippen molar-refractivity contribution in [2.45, 2.75) is 32.1 Å². The van der Waals surface area contributed by atoms with Crippen LogP contribution in [0.3, 0.4) is 0 Å². The van der Waals surface area contributed by atoms with Gasteiger partial charge in [0.15, 0.2) is 5.78 Å². The monoisotopic (exact) mass is 420 g/mol. The molecule has 3 rings (SSSR count).